The molecule has 0 spiro atoms. The van der Waals surface area contributed by atoms with Gasteiger partial charge in [-0.3, -0.25) is 0 Å². The molecule has 3 nitrogen and oxygen atoms in total. The first-order valence-electron chi connectivity index (χ1n) is 4.29. The zero-order valence-corrected chi connectivity index (χ0v) is 8.25. The maximum atomic E-state index is 12.2. The lowest BCUT2D eigenvalue weighted by atomic mass is 9.95. The third kappa shape index (κ3) is 2.33. The van der Waals surface area contributed by atoms with Crippen LogP contribution in [-0.2, 0) is 16.6 Å². The number of carboxylic acid groups (broad SMARTS) is 1. The Kier molecular flexibility index (Phi) is 2.96. The standard InChI is InChI=1S/C10H9F3O3/c1-9(16,8(14)15)6-2-4-7(5-3-6)10(11,12)13/h2-5,16H,1H3,(H,14,15). The Labute approximate surface area is 89.1 Å². The highest BCUT2D eigenvalue weighted by atomic mass is 19.4. The zero-order valence-electron chi connectivity index (χ0n) is 8.25. The first-order chi connectivity index (χ1) is 7.15. The molecule has 0 aromatic heterocycles. The largest absolute Gasteiger partial charge is 0.479 e. The second kappa shape index (κ2) is 3.79. The first kappa shape index (κ1) is 12.5. The molecule has 0 bridgehead atoms. The van der Waals surface area contributed by atoms with E-state index in [1.807, 2.05) is 0 Å². The van der Waals surface area contributed by atoms with Crippen molar-refractivity contribution in [3.8, 4) is 0 Å². The van der Waals surface area contributed by atoms with Crippen molar-refractivity contribution in [3.05, 3.63) is 35.4 Å². The fourth-order valence-corrected chi connectivity index (χ4v) is 1.11. The molecule has 1 atom stereocenters. The molecule has 16 heavy (non-hydrogen) atoms. The summed E-state index contributed by atoms with van der Waals surface area (Å²) in [5.41, 5.74) is -3.19. The second-order valence-corrected chi connectivity index (χ2v) is 3.45. The number of aliphatic hydroxyl groups is 1. The van der Waals surface area contributed by atoms with E-state index in [0.29, 0.717) is 0 Å². The van der Waals surface area contributed by atoms with Gasteiger partial charge < -0.3 is 10.2 Å². The van der Waals surface area contributed by atoms with Gasteiger partial charge in [0.25, 0.3) is 0 Å². The fourth-order valence-electron chi connectivity index (χ4n) is 1.11. The summed E-state index contributed by atoms with van der Waals surface area (Å²) in [6, 6.07) is 3.34. The average Bonchev–Trinajstić information content (AvgIpc) is 2.16. The Bertz CT molecular complexity index is 393. The zero-order chi connectivity index (χ0) is 12.6. The van der Waals surface area contributed by atoms with Crippen LogP contribution in [-0.4, -0.2) is 16.2 Å². The maximum absolute atomic E-state index is 12.2. The summed E-state index contributed by atoms with van der Waals surface area (Å²) >= 11 is 0. The molecule has 1 aromatic carbocycles. The lowest BCUT2D eigenvalue weighted by Crippen LogP contribution is -2.31. The molecule has 88 valence electrons. The van der Waals surface area contributed by atoms with Crippen molar-refractivity contribution in [2.45, 2.75) is 18.7 Å². The normalized spacial score (nSPS) is 15.6. The van der Waals surface area contributed by atoms with Gasteiger partial charge in [-0.25, -0.2) is 4.79 Å². The van der Waals surface area contributed by atoms with E-state index in [2.05, 4.69) is 0 Å². The third-order valence-electron chi connectivity index (χ3n) is 2.19. The summed E-state index contributed by atoms with van der Waals surface area (Å²) in [5.74, 6) is -1.52. The summed E-state index contributed by atoms with van der Waals surface area (Å²) in [6.07, 6.45) is -4.48. The number of carboxylic acids is 1. The van der Waals surface area contributed by atoms with Gasteiger partial charge in [0.15, 0.2) is 5.60 Å². The lowest BCUT2D eigenvalue weighted by Gasteiger charge is -2.18. The van der Waals surface area contributed by atoms with E-state index in [1.54, 1.807) is 0 Å². The molecule has 0 heterocycles. The van der Waals surface area contributed by atoms with E-state index >= 15 is 0 Å². The van der Waals surface area contributed by atoms with Crippen LogP contribution in [0.1, 0.15) is 18.1 Å². The van der Waals surface area contributed by atoms with E-state index < -0.39 is 23.3 Å². The van der Waals surface area contributed by atoms with Gasteiger partial charge in [0.05, 0.1) is 5.56 Å². The summed E-state index contributed by atoms with van der Waals surface area (Å²) in [5, 5.41) is 18.1. The molecular formula is C10H9F3O3. The Morgan fingerprint density at radius 1 is 1.12 bits per heavy atom. The van der Waals surface area contributed by atoms with Crippen LogP contribution in [0.2, 0.25) is 0 Å². The minimum absolute atomic E-state index is 0.104. The van der Waals surface area contributed by atoms with Gasteiger partial charge in [0.2, 0.25) is 0 Å². The van der Waals surface area contributed by atoms with Crippen LogP contribution in [0.25, 0.3) is 0 Å². The second-order valence-electron chi connectivity index (χ2n) is 3.45. The molecule has 0 radical (unpaired) electrons. The van der Waals surface area contributed by atoms with Crippen LogP contribution in [0.4, 0.5) is 13.2 Å². The summed E-state index contributed by atoms with van der Waals surface area (Å²) in [7, 11) is 0. The highest BCUT2D eigenvalue weighted by Crippen LogP contribution is 2.30. The molecular weight excluding hydrogens is 225 g/mol. The van der Waals surface area contributed by atoms with Gasteiger partial charge in [-0.1, -0.05) is 12.1 Å². The van der Waals surface area contributed by atoms with E-state index in [0.717, 1.165) is 31.2 Å². The number of carbonyl (C=O) groups is 1. The van der Waals surface area contributed by atoms with E-state index in [1.165, 1.54) is 0 Å². The summed E-state index contributed by atoms with van der Waals surface area (Å²) in [6.45, 7) is 0.998. The van der Waals surface area contributed by atoms with Crippen molar-refractivity contribution in [2.24, 2.45) is 0 Å². The SMILES string of the molecule is CC(O)(C(=O)O)c1ccc(C(F)(F)F)cc1. The average molecular weight is 234 g/mol. The Morgan fingerprint density at radius 3 is 1.81 bits per heavy atom. The maximum Gasteiger partial charge on any atom is 0.416 e. The van der Waals surface area contributed by atoms with E-state index in [-0.39, 0.29) is 5.56 Å². The van der Waals surface area contributed by atoms with Crippen LogP contribution in [0, 0.1) is 0 Å². The van der Waals surface area contributed by atoms with Gasteiger partial charge in [-0.2, -0.15) is 13.2 Å². The molecule has 1 unspecified atom stereocenters. The topological polar surface area (TPSA) is 57.5 Å². The van der Waals surface area contributed by atoms with Crippen LogP contribution in [0.5, 0.6) is 0 Å². The molecule has 1 aromatic rings. The van der Waals surface area contributed by atoms with Crippen LogP contribution in [0.15, 0.2) is 24.3 Å². The quantitative estimate of drug-likeness (QED) is 0.822. The molecule has 1 rings (SSSR count). The van der Waals surface area contributed by atoms with Crippen molar-refractivity contribution >= 4 is 5.97 Å². The molecule has 0 saturated heterocycles. The molecule has 0 amide bonds. The van der Waals surface area contributed by atoms with Crippen molar-refractivity contribution < 1.29 is 28.2 Å². The molecule has 0 aliphatic rings. The van der Waals surface area contributed by atoms with Crippen LogP contribution in [0.3, 0.4) is 0 Å². The monoisotopic (exact) mass is 234 g/mol. The molecule has 0 fully saturated rings. The third-order valence-corrected chi connectivity index (χ3v) is 2.19. The number of alkyl halides is 3. The number of hydrogen-bond acceptors (Lipinski definition) is 2. The van der Waals surface area contributed by atoms with E-state index in [9.17, 15) is 23.1 Å². The number of benzene rings is 1. The number of aliphatic carboxylic acids is 1. The van der Waals surface area contributed by atoms with Crippen LogP contribution >= 0.6 is 0 Å². The van der Waals surface area contributed by atoms with Gasteiger partial charge in [-0.05, 0) is 24.6 Å². The number of rotatable bonds is 2. The molecule has 0 aliphatic heterocycles. The number of halogens is 3. The fraction of sp³-hybridized carbons (Fsp3) is 0.300. The minimum atomic E-state index is -4.48. The smallest absolute Gasteiger partial charge is 0.416 e. The first-order valence-corrected chi connectivity index (χ1v) is 4.29. The summed E-state index contributed by atoms with van der Waals surface area (Å²) < 4.78 is 36.6. The van der Waals surface area contributed by atoms with Crippen molar-refractivity contribution in [3.63, 3.8) is 0 Å². The molecule has 0 saturated carbocycles. The molecule has 0 aliphatic carbocycles. The van der Waals surface area contributed by atoms with E-state index in [4.69, 9.17) is 5.11 Å². The van der Waals surface area contributed by atoms with Crippen molar-refractivity contribution in [1.29, 1.82) is 0 Å². The van der Waals surface area contributed by atoms with Crippen molar-refractivity contribution in [2.75, 3.05) is 0 Å². The van der Waals surface area contributed by atoms with Gasteiger partial charge in [0, 0.05) is 0 Å². The lowest BCUT2D eigenvalue weighted by molar-refractivity contribution is -0.157. The number of hydrogen-bond donors (Lipinski definition) is 2. The van der Waals surface area contributed by atoms with Gasteiger partial charge in [-0.15, -0.1) is 0 Å². The van der Waals surface area contributed by atoms with Crippen LogP contribution < -0.4 is 0 Å². The van der Waals surface area contributed by atoms with Gasteiger partial charge >= 0.3 is 12.1 Å². The summed E-state index contributed by atoms with van der Waals surface area (Å²) in [4.78, 5) is 10.6. The predicted octanol–water partition coefficient (Wildman–Crippen LogP) is 2.00. The predicted molar refractivity (Wildman–Crippen MR) is 48.7 cm³/mol. The Morgan fingerprint density at radius 2 is 1.50 bits per heavy atom. The van der Waals surface area contributed by atoms with Gasteiger partial charge in [0.1, 0.15) is 0 Å². The minimum Gasteiger partial charge on any atom is -0.479 e. The molecule has 2 N–H and O–H groups in total. The Balaban J connectivity index is 3.09. The highest BCUT2D eigenvalue weighted by Gasteiger charge is 2.34. The highest BCUT2D eigenvalue weighted by molar-refractivity contribution is 5.78. The molecule has 6 heteroatoms. The van der Waals surface area contributed by atoms with Crippen molar-refractivity contribution in [1.82, 2.24) is 0 Å². The Hall–Kier alpha value is -1.56.